The van der Waals surface area contributed by atoms with E-state index >= 15 is 0 Å². The third kappa shape index (κ3) is 5.60. The summed E-state index contributed by atoms with van der Waals surface area (Å²) < 4.78 is 44.1. The molecule has 4 rings (SSSR count). The Bertz CT molecular complexity index is 1170. The fourth-order valence-electron chi connectivity index (χ4n) is 4.33. The van der Waals surface area contributed by atoms with Gasteiger partial charge in [0.05, 0.1) is 11.6 Å². The van der Waals surface area contributed by atoms with Crippen molar-refractivity contribution in [3.8, 4) is 11.6 Å². The first-order valence-electron chi connectivity index (χ1n) is 11.4. The summed E-state index contributed by atoms with van der Waals surface area (Å²) in [5, 5.41) is 24.6. The minimum Gasteiger partial charge on any atom is -0.402 e. The van der Waals surface area contributed by atoms with Gasteiger partial charge in [0.1, 0.15) is 12.2 Å². The molecule has 0 radical (unpaired) electrons. The lowest BCUT2D eigenvalue weighted by molar-refractivity contribution is -0.115. The van der Waals surface area contributed by atoms with E-state index in [1.807, 2.05) is 27.7 Å². The molecule has 1 aliphatic rings. The van der Waals surface area contributed by atoms with Crippen molar-refractivity contribution in [3.63, 3.8) is 0 Å². The van der Waals surface area contributed by atoms with E-state index in [1.165, 1.54) is 0 Å². The fourth-order valence-corrected chi connectivity index (χ4v) is 4.33. The maximum atomic E-state index is 12.8. The second-order valence-corrected chi connectivity index (χ2v) is 10.0. The number of alkyl halides is 3. The van der Waals surface area contributed by atoms with Crippen molar-refractivity contribution in [2.75, 3.05) is 17.2 Å². The number of aromatic nitrogens is 3. The lowest BCUT2D eigenvalue weighted by atomic mass is 9.84. The van der Waals surface area contributed by atoms with Crippen molar-refractivity contribution in [1.82, 2.24) is 15.2 Å². The van der Waals surface area contributed by atoms with E-state index in [2.05, 4.69) is 20.8 Å². The van der Waals surface area contributed by atoms with Gasteiger partial charge in [0.2, 0.25) is 0 Å². The zero-order valence-electron chi connectivity index (χ0n) is 19.8. The van der Waals surface area contributed by atoms with Gasteiger partial charge < -0.3 is 20.2 Å². The molecule has 0 bridgehead atoms. The van der Waals surface area contributed by atoms with Crippen molar-refractivity contribution in [2.45, 2.75) is 77.1 Å². The molecule has 1 aromatic carbocycles. The standard InChI is InChI=1S/C24H30F3N5O2/c1-13-8-19(21-31-32-22(34-21)29-14-6-5-7-16(33)9-14)30-20-17(13)10-15(28-12-24(25,26)27)11-18(20)23(2,3)4/h8,10-11,14,16,28,33H,5-7,9,12H2,1-4H3,(H,29,32). The zero-order chi connectivity index (χ0) is 24.7. The van der Waals surface area contributed by atoms with Gasteiger partial charge in [0.25, 0.3) is 5.89 Å². The van der Waals surface area contributed by atoms with Gasteiger partial charge in [-0.2, -0.15) is 13.2 Å². The number of benzene rings is 1. The van der Waals surface area contributed by atoms with Crippen LogP contribution in [0.4, 0.5) is 24.9 Å². The normalized spacial score (nSPS) is 19.4. The quantitative estimate of drug-likeness (QED) is 0.441. The highest BCUT2D eigenvalue weighted by atomic mass is 19.4. The highest BCUT2D eigenvalue weighted by Gasteiger charge is 2.28. The number of nitrogens with one attached hydrogen (secondary N) is 2. The number of fused-ring (bicyclic) bond motifs is 1. The Morgan fingerprint density at radius 1 is 1.12 bits per heavy atom. The molecule has 1 fully saturated rings. The molecule has 0 spiro atoms. The largest absolute Gasteiger partial charge is 0.405 e. The van der Waals surface area contributed by atoms with Gasteiger partial charge in [0.15, 0.2) is 0 Å². The second-order valence-electron chi connectivity index (χ2n) is 10.0. The minimum atomic E-state index is -4.31. The lowest BCUT2D eigenvalue weighted by Crippen LogP contribution is -2.29. The number of hydrogen-bond acceptors (Lipinski definition) is 7. The maximum absolute atomic E-state index is 12.8. The average molecular weight is 478 g/mol. The van der Waals surface area contributed by atoms with Crippen LogP contribution in [0.25, 0.3) is 22.5 Å². The molecule has 7 nitrogen and oxygen atoms in total. The molecule has 2 unspecified atom stereocenters. The maximum Gasteiger partial charge on any atom is 0.405 e. The van der Waals surface area contributed by atoms with E-state index in [4.69, 9.17) is 9.40 Å². The number of aliphatic hydroxyl groups is 1. The molecule has 0 saturated heterocycles. The summed E-state index contributed by atoms with van der Waals surface area (Å²) >= 11 is 0. The molecule has 1 saturated carbocycles. The molecule has 184 valence electrons. The molecule has 2 atom stereocenters. The molecule has 2 heterocycles. The third-order valence-corrected chi connectivity index (χ3v) is 6.04. The van der Waals surface area contributed by atoms with Crippen LogP contribution in [0.3, 0.4) is 0 Å². The van der Waals surface area contributed by atoms with E-state index in [0.717, 1.165) is 35.8 Å². The first-order chi connectivity index (χ1) is 15.9. The number of anilines is 2. The fraction of sp³-hybridized carbons (Fsp3) is 0.542. The van der Waals surface area contributed by atoms with Crippen LogP contribution in [0.15, 0.2) is 22.6 Å². The minimum absolute atomic E-state index is 0.0680. The monoisotopic (exact) mass is 477 g/mol. The van der Waals surface area contributed by atoms with E-state index in [-0.39, 0.29) is 29.5 Å². The zero-order valence-corrected chi connectivity index (χ0v) is 19.8. The summed E-state index contributed by atoms with van der Waals surface area (Å²) in [5.41, 5.74) is 2.86. The second kappa shape index (κ2) is 9.05. The highest BCUT2D eigenvalue weighted by molar-refractivity contribution is 5.90. The van der Waals surface area contributed by atoms with Gasteiger partial charge in [0, 0.05) is 17.1 Å². The summed E-state index contributed by atoms with van der Waals surface area (Å²) in [4.78, 5) is 4.78. The summed E-state index contributed by atoms with van der Waals surface area (Å²) in [7, 11) is 0. The SMILES string of the molecule is Cc1cc(-c2nnc(NC3CCCC(O)C3)o2)nc2c(C(C)(C)C)cc(NCC(F)(F)F)cc12. The Labute approximate surface area is 196 Å². The number of rotatable bonds is 5. The van der Waals surface area contributed by atoms with Gasteiger partial charge in [-0.05, 0) is 67.3 Å². The molecule has 3 aromatic rings. The molecule has 10 heteroatoms. The number of hydrogen-bond donors (Lipinski definition) is 3. The van der Waals surface area contributed by atoms with Gasteiger partial charge in [-0.1, -0.05) is 25.9 Å². The molecule has 0 aliphatic heterocycles. The summed E-state index contributed by atoms with van der Waals surface area (Å²) in [6.45, 7) is 6.75. The van der Waals surface area contributed by atoms with Crippen LogP contribution in [0, 0.1) is 6.92 Å². The molecule has 1 aliphatic carbocycles. The number of aliphatic hydroxyl groups excluding tert-OH is 1. The molecule has 2 aromatic heterocycles. The lowest BCUT2D eigenvalue weighted by Gasteiger charge is -2.25. The van der Waals surface area contributed by atoms with Gasteiger partial charge >= 0.3 is 12.2 Å². The summed E-state index contributed by atoms with van der Waals surface area (Å²) in [6.07, 6.45) is -1.36. The summed E-state index contributed by atoms with van der Waals surface area (Å²) in [5.74, 6) is 0.253. The highest BCUT2D eigenvalue weighted by Crippen LogP contribution is 2.35. The van der Waals surface area contributed by atoms with Crippen LogP contribution in [0.5, 0.6) is 0 Å². The van der Waals surface area contributed by atoms with Gasteiger partial charge in [-0.3, -0.25) is 0 Å². The van der Waals surface area contributed by atoms with E-state index in [1.54, 1.807) is 18.2 Å². The van der Waals surface area contributed by atoms with Crippen LogP contribution >= 0.6 is 0 Å². The predicted octanol–water partition coefficient (Wildman–Crippen LogP) is 5.58. The molecular weight excluding hydrogens is 447 g/mol. The van der Waals surface area contributed by atoms with Crippen molar-refractivity contribution >= 4 is 22.6 Å². The molecule has 0 amide bonds. The molecular formula is C24H30F3N5O2. The van der Waals surface area contributed by atoms with Crippen LogP contribution in [-0.2, 0) is 5.41 Å². The van der Waals surface area contributed by atoms with Crippen molar-refractivity contribution < 1.29 is 22.7 Å². The van der Waals surface area contributed by atoms with Crippen molar-refractivity contribution in [3.05, 3.63) is 29.3 Å². The van der Waals surface area contributed by atoms with Crippen molar-refractivity contribution in [1.29, 1.82) is 0 Å². The Morgan fingerprint density at radius 2 is 1.88 bits per heavy atom. The van der Waals surface area contributed by atoms with Crippen molar-refractivity contribution in [2.24, 2.45) is 0 Å². The Balaban J connectivity index is 1.68. The summed E-state index contributed by atoms with van der Waals surface area (Å²) in [6, 6.07) is 5.55. The van der Waals surface area contributed by atoms with Crippen LogP contribution in [0.2, 0.25) is 0 Å². The number of halogens is 3. The topological polar surface area (TPSA) is 96.1 Å². The number of aryl methyl sites for hydroxylation is 1. The smallest absolute Gasteiger partial charge is 0.402 e. The molecule has 34 heavy (non-hydrogen) atoms. The van der Waals surface area contributed by atoms with Crippen LogP contribution in [0.1, 0.15) is 57.6 Å². The van der Waals surface area contributed by atoms with Crippen LogP contribution < -0.4 is 10.6 Å². The first kappa shape index (κ1) is 24.3. The van der Waals surface area contributed by atoms with Crippen LogP contribution in [-0.4, -0.2) is 45.2 Å². The van der Waals surface area contributed by atoms with E-state index in [0.29, 0.717) is 23.3 Å². The Hall–Kier alpha value is -2.88. The first-order valence-corrected chi connectivity index (χ1v) is 11.4. The third-order valence-electron chi connectivity index (χ3n) is 6.04. The Kier molecular flexibility index (Phi) is 6.46. The predicted molar refractivity (Wildman–Crippen MR) is 125 cm³/mol. The van der Waals surface area contributed by atoms with E-state index in [9.17, 15) is 18.3 Å². The Morgan fingerprint density at radius 3 is 2.56 bits per heavy atom. The van der Waals surface area contributed by atoms with Gasteiger partial charge in [-0.25, -0.2) is 4.98 Å². The van der Waals surface area contributed by atoms with Gasteiger partial charge in [-0.15, -0.1) is 5.10 Å². The molecule has 3 N–H and O–H groups in total. The number of nitrogens with zero attached hydrogens (tertiary/aromatic N) is 3. The number of pyridine rings is 1. The average Bonchev–Trinajstić information content (AvgIpc) is 3.19. The van der Waals surface area contributed by atoms with E-state index < -0.39 is 12.7 Å².